The van der Waals surface area contributed by atoms with Crippen LogP contribution in [0.5, 0.6) is 11.5 Å². The van der Waals surface area contributed by atoms with Gasteiger partial charge in [-0.05, 0) is 36.4 Å². The van der Waals surface area contributed by atoms with Gasteiger partial charge in [0, 0.05) is 34.9 Å². The van der Waals surface area contributed by atoms with Crippen molar-refractivity contribution in [1.29, 1.82) is 0 Å². The maximum atomic E-state index is 12.6. The van der Waals surface area contributed by atoms with Gasteiger partial charge in [0.05, 0.1) is 5.92 Å². The summed E-state index contributed by atoms with van der Waals surface area (Å²) in [5, 5.41) is 2.87. The van der Waals surface area contributed by atoms with Crippen LogP contribution in [0.1, 0.15) is 6.42 Å². The molecule has 1 atom stereocenters. The number of benzene rings is 2. The average Bonchev–Trinajstić information content (AvgIpc) is 3.04. The average molecular weight is 417 g/mol. The number of hydrogen-bond donors (Lipinski definition) is 1. The monoisotopic (exact) mass is 416 g/mol. The van der Waals surface area contributed by atoms with Gasteiger partial charge in [0.25, 0.3) is 0 Å². The number of nitrogens with zero attached hydrogens (tertiary/aromatic N) is 1. The first-order chi connectivity index (χ1) is 12.6. The Hall–Kier alpha value is -2.54. The minimum Gasteiger partial charge on any atom is -0.486 e. The number of amides is 2. The molecule has 0 aromatic heterocycles. The van der Waals surface area contributed by atoms with Gasteiger partial charge in [-0.2, -0.15) is 0 Å². The number of hydrogen-bond acceptors (Lipinski definition) is 4. The van der Waals surface area contributed by atoms with Crippen molar-refractivity contribution in [1.82, 2.24) is 0 Å². The zero-order valence-corrected chi connectivity index (χ0v) is 15.5. The predicted octanol–water partition coefficient (Wildman–Crippen LogP) is 3.21. The Morgan fingerprint density at radius 2 is 1.81 bits per heavy atom. The summed E-state index contributed by atoms with van der Waals surface area (Å²) in [6.45, 7) is 1.38. The summed E-state index contributed by atoms with van der Waals surface area (Å²) in [5.74, 6) is 0.684. The molecule has 0 unspecified atom stereocenters. The SMILES string of the molecule is O=C(Nc1ccc2c(c1)OCCO2)[C@@H]1CC(=O)N(c2ccc(Br)cc2)C1. The van der Waals surface area contributed by atoms with E-state index in [1.54, 1.807) is 23.1 Å². The van der Waals surface area contributed by atoms with Crippen LogP contribution in [0.2, 0.25) is 0 Å². The number of ether oxygens (including phenoxy) is 2. The first-order valence-electron chi connectivity index (χ1n) is 8.36. The molecule has 6 nitrogen and oxygen atoms in total. The topological polar surface area (TPSA) is 67.9 Å². The fourth-order valence-electron chi connectivity index (χ4n) is 3.12. The highest BCUT2D eigenvalue weighted by molar-refractivity contribution is 9.10. The lowest BCUT2D eigenvalue weighted by Crippen LogP contribution is -2.28. The highest BCUT2D eigenvalue weighted by Crippen LogP contribution is 2.33. The van der Waals surface area contributed by atoms with E-state index >= 15 is 0 Å². The molecule has 0 radical (unpaired) electrons. The summed E-state index contributed by atoms with van der Waals surface area (Å²) in [4.78, 5) is 26.6. The largest absolute Gasteiger partial charge is 0.486 e. The molecular formula is C19H17BrN2O4. The lowest BCUT2D eigenvalue weighted by Gasteiger charge is -2.19. The van der Waals surface area contributed by atoms with E-state index in [0.29, 0.717) is 36.9 Å². The van der Waals surface area contributed by atoms with E-state index < -0.39 is 0 Å². The number of anilines is 2. The van der Waals surface area contributed by atoms with E-state index in [4.69, 9.17) is 9.47 Å². The van der Waals surface area contributed by atoms with Crippen LogP contribution < -0.4 is 19.7 Å². The molecule has 2 aromatic carbocycles. The summed E-state index contributed by atoms with van der Waals surface area (Å²) in [7, 11) is 0. The molecule has 0 bridgehead atoms. The molecule has 4 rings (SSSR count). The molecule has 26 heavy (non-hydrogen) atoms. The van der Waals surface area contributed by atoms with E-state index in [1.165, 1.54) is 0 Å². The molecule has 1 fully saturated rings. The molecule has 2 aliphatic rings. The Bertz CT molecular complexity index is 853. The summed E-state index contributed by atoms with van der Waals surface area (Å²) < 4.78 is 12.0. The predicted molar refractivity (Wildman–Crippen MR) is 101 cm³/mol. The van der Waals surface area contributed by atoms with Crippen LogP contribution in [-0.4, -0.2) is 31.6 Å². The molecule has 0 saturated carbocycles. The number of fused-ring (bicyclic) bond motifs is 1. The van der Waals surface area contributed by atoms with Gasteiger partial charge in [0.1, 0.15) is 13.2 Å². The molecule has 1 N–H and O–H groups in total. The molecule has 134 valence electrons. The van der Waals surface area contributed by atoms with E-state index in [0.717, 1.165) is 10.2 Å². The van der Waals surface area contributed by atoms with E-state index in [2.05, 4.69) is 21.2 Å². The van der Waals surface area contributed by atoms with E-state index in [1.807, 2.05) is 24.3 Å². The maximum Gasteiger partial charge on any atom is 0.229 e. The van der Waals surface area contributed by atoms with E-state index in [9.17, 15) is 9.59 Å². The second-order valence-electron chi connectivity index (χ2n) is 6.23. The summed E-state index contributed by atoms with van der Waals surface area (Å²) in [6.07, 6.45) is 0.201. The third-order valence-corrected chi connectivity index (χ3v) is 4.97. The summed E-state index contributed by atoms with van der Waals surface area (Å²) in [6, 6.07) is 12.8. The second kappa shape index (κ2) is 6.99. The van der Waals surface area contributed by atoms with Crippen molar-refractivity contribution in [2.45, 2.75) is 6.42 Å². The molecule has 1 saturated heterocycles. The number of rotatable bonds is 3. The molecule has 7 heteroatoms. The minimum atomic E-state index is -0.389. The van der Waals surface area contributed by atoms with Gasteiger partial charge in [0.15, 0.2) is 11.5 Å². The van der Waals surface area contributed by atoms with Gasteiger partial charge < -0.3 is 19.7 Å². The Labute approximate surface area is 159 Å². The first-order valence-corrected chi connectivity index (χ1v) is 9.16. The number of halogens is 1. The number of carbonyl (C=O) groups excluding carboxylic acids is 2. The Morgan fingerprint density at radius 3 is 2.58 bits per heavy atom. The smallest absolute Gasteiger partial charge is 0.229 e. The van der Waals surface area contributed by atoms with Crippen LogP contribution in [0.15, 0.2) is 46.9 Å². The van der Waals surface area contributed by atoms with Gasteiger partial charge in [0.2, 0.25) is 11.8 Å². The standard InChI is InChI=1S/C19H17BrN2O4/c20-13-1-4-15(5-2-13)22-11-12(9-18(22)23)19(24)21-14-3-6-16-17(10-14)26-8-7-25-16/h1-6,10,12H,7-9,11H2,(H,21,24)/t12-/m1/s1. The third-order valence-electron chi connectivity index (χ3n) is 4.44. The van der Waals surface area contributed by atoms with Gasteiger partial charge in [-0.25, -0.2) is 0 Å². The Balaban J connectivity index is 1.44. The second-order valence-corrected chi connectivity index (χ2v) is 7.15. The normalized spacial score (nSPS) is 18.7. The molecule has 2 aliphatic heterocycles. The summed E-state index contributed by atoms with van der Waals surface area (Å²) >= 11 is 3.38. The lowest BCUT2D eigenvalue weighted by molar-refractivity contribution is -0.122. The highest BCUT2D eigenvalue weighted by atomic mass is 79.9. The van der Waals surface area contributed by atoms with Crippen LogP contribution in [0.4, 0.5) is 11.4 Å². The fourth-order valence-corrected chi connectivity index (χ4v) is 3.38. The van der Waals surface area contributed by atoms with E-state index in [-0.39, 0.29) is 24.2 Å². The third kappa shape index (κ3) is 3.39. The zero-order valence-electron chi connectivity index (χ0n) is 13.9. The van der Waals surface area contributed by atoms with Crippen LogP contribution in [-0.2, 0) is 9.59 Å². The van der Waals surface area contributed by atoms with Crippen LogP contribution in [0.3, 0.4) is 0 Å². The van der Waals surface area contributed by atoms with Gasteiger partial charge in [-0.3, -0.25) is 9.59 Å². The van der Waals surface area contributed by atoms with Crippen molar-refractivity contribution in [2.75, 3.05) is 30.0 Å². The quantitative estimate of drug-likeness (QED) is 0.833. The van der Waals surface area contributed by atoms with Crippen molar-refractivity contribution in [3.63, 3.8) is 0 Å². The van der Waals surface area contributed by atoms with Gasteiger partial charge in [-0.15, -0.1) is 0 Å². The lowest BCUT2D eigenvalue weighted by atomic mass is 10.1. The molecule has 2 amide bonds. The van der Waals surface area contributed by atoms with Crippen LogP contribution in [0, 0.1) is 5.92 Å². The van der Waals surface area contributed by atoms with Crippen molar-refractivity contribution in [3.8, 4) is 11.5 Å². The first kappa shape index (κ1) is 16.9. The Morgan fingerprint density at radius 1 is 1.08 bits per heavy atom. The molecular weight excluding hydrogens is 400 g/mol. The maximum absolute atomic E-state index is 12.6. The van der Waals surface area contributed by atoms with Crippen molar-refractivity contribution < 1.29 is 19.1 Å². The molecule has 2 heterocycles. The van der Waals surface area contributed by atoms with Gasteiger partial charge >= 0.3 is 0 Å². The van der Waals surface area contributed by atoms with Gasteiger partial charge in [-0.1, -0.05) is 15.9 Å². The van der Waals surface area contributed by atoms with Crippen LogP contribution >= 0.6 is 15.9 Å². The molecule has 2 aromatic rings. The number of carbonyl (C=O) groups is 2. The van der Waals surface area contributed by atoms with Crippen LogP contribution in [0.25, 0.3) is 0 Å². The Kier molecular flexibility index (Phi) is 4.55. The molecule has 0 aliphatic carbocycles. The van der Waals surface area contributed by atoms with Crippen molar-refractivity contribution >= 4 is 39.1 Å². The summed E-state index contributed by atoms with van der Waals surface area (Å²) in [5.41, 5.74) is 1.43. The minimum absolute atomic E-state index is 0.0466. The van der Waals surface area contributed by atoms with Crippen molar-refractivity contribution in [3.05, 3.63) is 46.9 Å². The highest BCUT2D eigenvalue weighted by Gasteiger charge is 2.35. The number of nitrogens with one attached hydrogen (secondary N) is 1. The molecule has 0 spiro atoms. The zero-order chi connectivity index (χ0) is 18.1. The fraction of sp³-hybridized carbons (Fsp3) is 0.263. The van der Waals surface area contributed by atoms with Crippen molar-refractivity contribution in [2.24, 2.45) is 5.92 Å².